The molecule has 0 radical (unpaired) electrons. The van der Waals surface area contributed by atoms with Crippen LogP contribution in [0.4, 0.5) is 14.9 Å². The van der Waals surface area contributed by atoms with E-state index in [2.05, 4.69) is 10.6 Å². The first-order chi connectivity index (χ1) is 14.4. The molecular weight excluding hydrogens is 393 g/mol. The average Bonchev–Trinajstić information content (AvgIpc) is 2.99. The van der Waals surface area contributed by atoms with Crippen LogP contribution in [-0.4, -0.2) is 42.5 Å². The fourth-order valence-corrected chi connectivity index (χ4v) is 3.61. The number of imide groups is 1. The number of hydrogen-bond donors (Lipinski definition) is 2. The lowest BCUT2D eigenvalue weighted by atomic mass is 9.87. The molecule has 2 N–H and O–H groups in total. The molecule has 4 rings (SSSR count). The SMILES string of the molecule is CC[C@@]1(c2ccc(F)cc2)NC(=O)N(CC(=O)Nc2ccc3c(c2)OCCO3)C1=O. The van der Waals surface area contributed by atoms with Gasteiger partial charge in [0.05, 0.1) is 0 Å². The second-order valence-corrected chi connectivity index (χ2v) is 6.99. The number of amides is 4. The van der Waals surface area contributed by atoms with Gasteiger partial charge >= 0.3 is 6.03 Å². The molecule has 0 spiro atoms. The zero-order chi connectivity index (χ0) is 21.3. The number of anilines is 1. The molecule has 0 aromatic heterocycles. The maximum Gasteiger partial charge on any atom is 0.325 e. The summed E-state index contributed by atoms with van der Waals surface area (Å²) in [5.41, 5.74) is -0.418. The number of carbonyl (C=O) groups is 3. The lowest BCUT2D eigenvalue weighted by molar-refractivity contribution is -0.134. The molecule has 0 aliphatic carbocycles. The van der Waals surface area contributed by atoms with Gasteiger partial charge in [-0.05, 0) is 36.2 Å². The third-order valence-electron chi connectivity index (χ3n) is 5.17. The van der Waals surface area contributed by atoms with Crippen molar-refractivity contribution in [2.45, 2.75) is 18.9 Å². The van der Waals surface area contributed by atoms with Gasteiger partial charge < -0.3 is 20.1 Å². The third kappa shape index (κ3) is 3.42. The summed E-state index contributed by atoms with van der Waals surface area (Å²) in [5.74, 6) is -0.451. The highest BCUT2D eigenvalue weighted by Crippen LogP contribution is 2.34. The second-order valence-electron chi connectivity index (χ2n) is 6.99. The molecule has 2 aromatic rings. The van der Waals surface area contributed by atoms with Crippen LogP contribution in [0.5, 0.6) is 11.5 Å². The maximum absolute atomic E-state index is 13.3. The summed E-state index contributed by atoms with van der Waals surface area (Å²) in [6, 6.07) is 9.62. The van der Waals surface area contributed by atoms with Crippen LogP contribution >= 0.6 is 0 Å². The van der Waals surface area contributed by atoms with E-state index in [9.17, 15) is 18.8 Å². The summed E-state index contributed by atoms with van der Waals surface area (Å²) in [6.45, 7) is 2.15. The van der Waals surface area contributed by atoms with Crippen molar-refractivity contribution in [2.75, 3.05) is 25.1 Å². The first-order valence-corrected chi connectivity index (χ1v) is 9.52. The number of rotatable bonds is 5. The van der Waals surface area contributed by atoms with Crippen LogP contribution in [0.25, 0.3) is 0 Å². The smallest absolute Gasteiger partial charge is 0.325 e. The van der Waals surface area contributed by atoms with E-state index < -0.39 is 35.7 Å². The molecule has 1 saturated heterocycles. The summed E-state index contributed by atoms with van der Waals surface area (Å²) in [6.07, 6.45) is 0.253. The van der Waals surface area contributed by atoms with E-state index >= 15 is 0 Å². The van der Waals surface area contributed by atoms with Gasteiger partial charge in [-0.3, -0.25) is 14.5 Å². The van der Waals surface area contributed by atoms with Crippen molar-refractivity contribution in [3.8, 4) is 11.5 Å². The van der Waals surface area contributed by atoms with Crippen LogP contribution < -0.4 is 20.1 Å². The van der Waals surface area contributed by atoms with Gasteiger partial charge in [0.2, 0.25) is 5.91 Å². The molecule has 8 nitrogen and oxygen atoms in total. The Bertz CT molecular complexity index is 1010. The minimum absolute atomic E-state index is 0.253. The number of fused-ring (bicyclic) bond motifs is 1. The Morgan fingerprint density at radius 1 is 1.13 bits per heavy atom. The largest absolute Gasteiger partial charge is 0.486 e. The predicted octanol–water partition coefficient (Wildman–Crippen LogP) is 2.39. The minimum Gasteiger partial charge on any atom is -0.486 e. The number of benzene rings is 2. The molecule has 156 valence electrons. The molecule has 0 bridgehead atoms. The van der Waals surface area contributed by atoms with E-state index in [0.717, 1.165) is 4.90 Å². The Kier molecular flexibility index (Phi) is 5.03. The van der Waals surface area contributed by atoms with Crippen LogP contribution in [0.2, 0.25) is 0 Å². The van der Waals surface area contributed by atoms with Crippen molar-refractivity contribution in [3.05, 3.63) is 53.8 Å². The molecule has 2 aliphatic heterocycles. The lowest BCUT2D eigenvalue weighted by Crippen LogP contribution is -2.44. The minimum atomic E-state index is -1.33. The van der Waals surface area contributed by atoms with Crippen molar-refractivity contribution in [2.24, 2.45) is 0 Å². The van der Waals surface area contributed by atoms with E-state index in [4.69, 9.17) is 9.47 Å². The molecular formula is C21H20FN3O5. The van der Waals surface area contributed by atoms with E-state index in [1.54, 1.807) is 25.1 Å². The first-order valence-electron chi connectivity index (χ1n) is 9.52. The van der Waals surface area contributed by atoms with E-state index in [0.29, 0.717) is 36.0 Å². The Balaban J connectivity index is 1.49. The zero-order valence-corrected chi connectivity index (χ0v) is 16.2. The number of nitrogens with zero attached hydrogens (tertiary/aromatic N) is 1. The summed E-state index contributed by atoms with van der Waals surface area (Å²) in [5, 5.41) is 5.32. The quantitative estimate of drug-likeness (QED) is 0.734. The van der Waals surface area contributed by atoms with Gasteiger partial charge in [0.1, 0.15) is 31.1 Å². The van der Waals surface area contributed by atoms with Crippen molar-refractivity contribution in [3.63, 3.8) is 0 Å². The van der Waals surface area contributed by atoms with Gasteiger partial charge in [-0.15, -0.1) is 0 Å². The molecule has 2 aliphatic rings. The maximum atomic E-state index is 13.3. The summed E-state index contributed by atoms with van der Waals surface area (Å²) >= 11 is 0. The molecule has 1 fully saturated rings. The summed E-state index contributed by atoms with van der Waals surface area (Å²) < 4.78 is 24.2. The molecule has 30 heavy (non-hydrogen) atoms. The summed E-state index contributed by atoms with van der Waals surface area (Å²) in [7, 11) is 0. The fraction of sp³-hybridized carbons (Fsp3) is 0.286. The molecule has 4 amide bonds. The van der Waals surface area contributed by atoms with Crippen LogP contribution in [-0.2, 0) is 15.1 Å². The monoisotopic (exact) mass is 413 g/mol. The number of carbonyl (C=O) groups excluding carboxylic acids is 3. The van der Waals surface area contributed by atoms with Gasteiger partial charge in [0.15, 0.2) is 11.5 Å². The topological polar surface area (TPSA) is 97.0 Å². The molecule has 1 atom stereocenters. The van der Waals surface area contributed by atoms with E-state index in [1.165, 1.54) is 24.3 Å². The Labute approximate surface area is 171 Å². The van der Waals surface area contributed by atoms with Crippen molar-refractivity contribution < 1.29 is 28.2 Å². The van der Waals surface area contributed by atoms with E-state index in [1.807, 2.05) is 0 Å². The molecule has 0 saturated carbocycles. The van der Waals surface area contributed by atoms with Gasteiger partial charge in [-0.1, -0.05) is 19.1 Å². The zero-order valence-electron chi connectivity index (χ0n) is 16.2. The molecule has 9 heteroatoms. The second kappa shape index (κ2) is 7.66. The van der Waals surface area contributed by atoms with Crippen molar-refractivity contribution in [1.82, 2.24) is 10.2 Å². The number of halogens is 1. The lowest BCUT2D eigenvalue weighted by Gasteiger charge is -2.25. The number of ether oxygens (including phenoxy) is 2. The van der Waals surface area contributed by atoms with Gasteiger partial charge in [-0.2, -0.15) is 0 Å². The van der Waals surface area contributed by atoms with Crippen LogP contribution in [0.1, 0.15) is 18.9 Å². The standard InChI is InChI=1S/C21H20FN3O5/c1-2-21(13-3-5-14(22)6-4-13)19(27)25(20(28)24-21)12-18(26)23-15-7-8-16-17(11-15)30-10-9-29-16/h3-8,11H,2,9-10,12H2,1H3,(H,23,26)(H,24,28)/t21-/m0/s1. The first kappa shape index (κ1) is 19.7. The van der Waals surface area contributed by atoms with Crippen LogP contribution in [0.3, 0.4) is 0 Å². The number of urea groups is 1. The number of hydrogen-bond acceptors (Lipinski definition) is 5. The van der Waals surface area contributed by atoms with Crippen LogP contribution in [0, 0.1) is 5.82 Å². The van der Waals surface area contributed by atoms with E-state index in [-0.39, 0.29) is 6.42 Å². The van der Waals surface area contributed by atoms with Crippen molar-refractivity contribution in [1.29, 1.82) is 0 Å². The normalized spacial score (nSPS) is 20.1. The molecule has 0 unspecified atom stereocenters. The van der Waals surface area contributed by atoms with Gasteiger partial charge in [0, 0.05) is 11.8 Å². The highest BCUT2D eigenvalue weighted by atomic mass is 19.1. The van der Waals surface area contributed by atoms with Crippen molar-refractivity contribution >= 4 is 23.5 Å². The molecule has 2 aromatic carbocycles. The average molecular weight is 413 g/mol. The third-order valence-corrected chi connectivity index (χ3v) is 5.17. The predicted molar refractivity (Wildman–Crippen MR) is 105 cm³/mol. The highest BCUT2D eigenvalue weighted by molar-refractivity contribution is 6.10. The fourth-order valence-electron chi connectivity index (χ4n) is 3.61. The Hall–Kier alpha value is -3.62. The Morgan fingerprint density at radius 3 is 2.53 bits per heavy atom. The van der Waals surface area contributed by atoms with Crippen LogP contribution in [0.15, 0.2) is 42.5 Å². The number of nitrogens with one attached hydrogen (secondary N) is 2. The summed E-state index contributed by atoms with van der Waals surface area (Å²) in [4.78, 5) is 38.9. The van der Waals surface area contributed by atoms with Gasteiger partial charge in [0.25, 0.3) is 5.91 Å². The highest BCUT2D eigenvalue weighted by Gasteiger charge is 2.51. The van der Waals surface area contributed by atoms with Gasteiger partial charge in [-0.25, -0.2) is 9.18 Å². The Morgan fingerprint density at radius 2 is 1.83 bits per heavy atom. The molecule has 2 heterocycles.